The van der Waals surface area contributed by atoms with Gasteiger partial charge in [-0.05, 0) is 24.3 Å². The van der Waals surface area contributed by atoms with Gasteiger partial charge in [0.2, 0.25) is 0 Å². The van der Waals surface area contributed by atoms with Gasteiger partial charge in [-0.25, -0.2) is 0 Å². The predicted octanol–water partition coefficient (Wildman–Crippen LogP) is 2.24. The van der Waals surface area contributed by atoms with Crippen LogP contribution in [0, 0.1) is 0 Å². The van der Waals surface area contributed by atoms with Crippen LogP contribution in [0.2, 0.25) is 0 Å². The van der Waals surface area contributed by atoms with Crippen molar-refractivity contribution in [2.24, 2.45) is 0 Å². The van der Waals surface area contributed by atoms with Crippen molar-refractivity contribution in [3.63, 3.8) is 0 Å². The number of hydrogen-bond acceptors (Lipinski definition) is 7. The maximum atomic E-state index is 5.36. The van der Waals surface area contributed by atoms with Gasteiger partial charge in [0, 0.05) is 102 Å². The molecule has 1 N–H and O–H groups in total. The summed E-state index contributed by atoms with van der Waals surface area (Å²) in [7, 11) is 3.46. The zero-order valence-electron chi connectivity index (χ0n) is 20.2. The van der Waals surface area contributed by atoms with Crippen LogP contribution in [-0.4, -0.2) is 103 Å². The summed E-state index contributed by atoms with van der Waals surface area (Å²) in [6, 6.07) is 16.8. The first-order valence-corrected chi connectivity index (χ1v) is 12.2. The molecule has 2 heterocycles. The van der Waals surface area contributed by atoms with E-state index in [1.165, 1.54) is 11.4 Å². The zero-order chi connectivity index (χ0) is 22.9. The summed E-state index contributed by atoms with van der Waals surface area (Å²) in [5.74, 6) is 1.86. The molecule has 0 amide bonds. The van der Waals surface area contributed by atoms with Crippen molar-refractivity contribution in [1.82, 2.24) is 15.1 Å². The van der Waals surface area contributed by atoms with Crippen LogP contribution in [0.1, 0.15) is 0 Å². The SMILES string of the molecule is COc1cccc(N2CCN(CCNCCN3CCN(c4cccc(OC)c4)CC3)CC2)c1. The van der Waals surface area contributed by atoms with E-state index in [2.05, 4.69) is 61.3 Å². The van der Waals surface area contributed by atoms with Gasteiger partial charge < -0.3 is 24.6 Å². The molecule has 0 bridgehead atoms. The Labute approximate surface area is 198 Å². The summed E-state index contributed by atoms with van der Waals surface area (Å²) in [4.78, 5) is 10.0. The van der Waals surface area contributed by atoms with Crippen LogP contribution >= 0.6 is 0 Å². The summed E-state index contributed by atoms with van der Waals surface area (Å²) >= 11 is 0. The molecule has 2 aliphatic heterocycles. The second-order valence-electron chi connectivity index (χ2n) is 8.81. The molecule has 2 saturated heterocycles. The number of rotatable bonds is 10. The van der Waals surface area contributed by atoms with E-state index in [9.17, 15) is 0 Å². The zero-order valence-corrected chi connectivity index (χ0v) is 20.2. The predicted molar refractivity (Wildman–Crippen MR) is 136 cm³/mol. The van der Waals surface area contributed by atoms with Gasteiger partial charge in [0.15, 0.2) is 0 Å². The standard InChI is InChI=1S/C26H39N5O2/c1-32-25-7-3-5-23(21-25)30-17-13-28(14-18-30)11-9-27-10-12-29-15-19-31(20-16-29)24-6-4-8-26(22-24)33-2/h3-8,21-22,27H,9-20H2,1-2H3. The third-order valence-electron chi connectivity index (χ3n) is 6.79. The third-order valence-corrected chi connectivity index (χ3v) is 6.79. The second kappa shape index (κ2) is 12.1. The minimum Gasteiger partial charge on any atom is -0.497 e. The first-order chi connectivity index (χ1) is 16.2. The third kappa shape index (κ3) is 6.76. The van der Waals surface area contributed by atoms with E-state index in [4.69, 9.17) is 9.47 Å². The highest BCUT2D eigenvalue weighted by Crippen LogP contribution is 2.23. The number of benzene rings is 2. The molecule has 0 saturated carbocycles. The van der Waals surface area contributed by atoms with E-state index in [1.807, 2.05) is 12.1 Å². The van der Waals surface area contributed by atoms with Crippen molar-refractivity contribution < 1.29 is 9.47 Å². The lowest BCUT2D eigenvalue weighted by molar-refractivity contribution is 0.242. The molecule has 0 atom stereocenters. The first kappa shape index (κ1) is 23.7. The van der Waals surface area contributed by atoms with Crippen LogP contribution < -0.4 is 24.6 Å². The van der Waals surface area contributed by atoms with E-state index in [0.29, 0.717) is 0 Å². The molecule has 2 fully saturated rings. The van der Waals surface area contributed by atoms with Crippen molar-refractivity contribution in [2.45, 2.75) is 0 Å². The van der Waals surface area contributed by atoms with Crippen LogP contribution in [0.5, 0.6) is 11.5 Å². The lowest BCUT2D eigenvalue weighted by Crippen LogP contribution is -2.49. The number of nitrogens with zero attached hydrogens (tertiary/aromatic N) is 4. The molecule has 2 aliphatic rings. The van der Waals surface area contributed by atoms with Gasteiger partial charge in [-0.15, -0.1) is 0 Å². The summed E-state index contributed by atoms with van der Waals surface area (Å²) in [6.07, 6.45) is 0. The van der Waals surface area contributed by atoms with Crippen molar-refractivity contribution in [3.05, 3.63) is 48.5 Å². The van der Waals surface area contributed by atoms with Crippen molar-refractivity contribution >= 4 is 11.4 Å². The van der Waals surface area contributed by atoms with Gasteiger partial charge in [0.25, 0.3) is 0 Å². The Morgan fingerprint density at radius 2 is 1.06 bits per heavy atom. The lowest BCUT2D eigenvalue weighted by atomic mass is 10.2. The summed E-state index contributed by atoms with van der Waals surface area (Å²) in [5, 5.41) is 3.65. The van der Waals surface area contributed by atoms with E-state index in [-0.39, 0.29) is 0 Å². The highest BCUT2D eigenvalue weighted by atomic mass is 16.5. The van der Waals surface area contributed by atoms with Gasteiger partial charge in [0.1, 0.15) is 11.5 Å². The Hall–Kier alpha value is -2.48. The van der Waals surface area contributed by atoms with E-state index in [0.717, 1.165) is 90.0 Å². The Bertz CT molecular complexity index is 779. The molecule has 0 spiro atoms. The summed E-state index contributed by atoms with van der Waals surface area (Å²) in [6.45, 7) is 13.1. The van der Waals surface area contributed by atoms with Crippen LogP contribution in [-0.2, 0) is 0 Å². The number of anilines is 2. The minimum absolute atomic E-state index is 0.931. The summed E-state index contributed by atoms with van der Waals surface area (Å²) < 4.78 is 10.7. The van der Waals surface area contributed by atoms with E-state index in [1.54, 1.807) is 14.2 Å². The molecule has 0 aliphatic carbocycles. The van der Waals surface area contributed by atoms with Crippen LogP contribution in [0.15, 0.2) is 48.5 Å². The highest BCUT2D eigenvalue weighted by molar-refractivity contribution is 5.52. The normalized spacial score (nSPS) is 17.9. The largest absolute Gasteiger partial charge is 0.497 e. The molecule has 4 rings (SSSR count). The van der Waals surface area contributed by atoms with Crippen LogP contribution in [0.25, 0.3) is 0 Å². The Balaban J connectivity index is 1.07. The van der Waals surface area contributed by atoms with Gasteiger partial charge in [-0.2, -0.15) is 0 Å². The van der Waals surface area contributed by atoms with Crippen LogP contribution in [0.4, 0.5) is 11.4 Å². The number of methoxy groups -OCH3 is 2. The molecule has 7 heteroatoms. The maximum absolute atomic E-state index is 5.36. The fraction of sp³-hybridized carbons (Fsp3) is 0.538. The van der Waals surface area contributed by atoms with Crippen molar-refractivity contribution in [3.8, 4) is 11.5 Å². The number of piperazine rings is 2. The van der Waals surface area contributed by atoms with E-state index >= 15 is 0 Å². The maximum Gasteiger partial charge on any atom is 0.120 e. The monoisotopic (exact) mass is 453 g/mol. The summed E-state index contributed by atoms with van der Waals surface area (Å²) in [5.41, 5.74) is 2.53. The Morgan fingerprint density at radius 1 is 0.636 bits per heavy atom. The molecule has 2 aromatic rings. The quantitative estimate of drug-likeness (QED) is 0.554. The lowest BCUT2D eigenvalue weighted by Gasteiger charge is -2.37. The van der Waals surface area contributed by atoms with Crippen molar-refractivity contribution in [1.29, 1.82) is 0 Å². The minimum atomic E-state index is 0.931. The van der Waals surface area contributed by atoms with Crippen LogP contribution in [0.3, 0.4) is 0 Å². The number of hydrogen-bond donors (Lipinski definition) is 1. The Morgan fingerprint density at radius 3 is 1.45 bits per heavy atom. The fourth-order valence-electron chi connectivity index (χ4n) is 4.67. The Kier molecular flexibility index (Phi) is 8.69. The van der Waals surface area contributed by atoms with Gasteiger partial charge in [0.05, 0.1) is 14.2 Å². The van der Waals surface area contributed by atoms with Gasteiger partial charge in [-0.3, -0.25) is 9.80 Å². The number of ether oxygens (including phenoxy) is 2. The molecule has 0 unspecified atom stereocenters. The molecule has 33 heavy (non-hydrogen) atoms. The molecular formula is C26H39N5O2. The average Bonchev–Trinajstić information content (AvgIpc) is 2.89. The van der Waals surface area contributed by atoms with Gasteiger partial charge in [-0.1, -0.05) is 12.1 Å². The molecule has 0 aromatic heterocycles. The highest BCUT2D eigenvalue weighted by Gasteiger charge is 2.18. The molecule has 0 radical (unpaired) electrons. The van der Waals surface area contributed by atoms with Crippen molar-refractivity contribution in [2.75, 3.05) is 103 Å². The molecule has 180 valence electrons. The average molecular weight is 454 g/mol. The molecule has 2 aromatic carbocycles. The fourth-order valence-corrected chi connectivity index (χ4v) is 4.67. The van der Waals surface area contributed by atoms with Gasteiger partial charge >= 0.3 is 0 Å². The molecule has 7 nitrogen and oxygen atoms in total. The smallest absolute Gasteiger partial charge is 0.120 e. The van der Waals surface area contributed by atoms with E-state index < -0.39 is 0 Å². The topological polar surface area (TPSA) is 43.5 Å². The number of nitrogens with one attached hydrogen (secondary N) is 1. The second-order valence-corrected chi connectivity index (χ2v) is 8.81. The molecular weight excluding hydrogens is 414 g/mol. The first-order valence-electron chi connectivity index (χ1n) is 12.2.